The number of fused-ring (bicyclic) bond motifs is 4. The van der Waals surface area contributed by atoms with E-state index in [2.05, 4.69) is 5.43 Å². The lowest BCUT2D eigenvalue weighted by Crippen LogP contribution is -2.53. The molecule has 3 fully saturated rings. The number of hydrazine groups is 1. The Kier molecular flexibility index (Phi) is 7.72. The highest BCUT2D eigenvalue weighted by molar-refractivity contribution is 6.31. The van der Waals surface area contributed by atoms with Crippen LogP contribution in [0.1, 0.15) is 45.8 Å². The molecule has 2 saturated heterocycles. The number of hydrogen-bond acceptors (Lipinski definition) is 8. The van der Waals surface area contributed by atoms with Crippen LogP contribution in [0.3, 0.4) is 0 Å². The van der Waals surface area contributed by atoms with E-state index in [0.717, 1.165) is 27.6 Å². The van der Waals surface area contributed by atoms with Crippen molar-refractivity contribution in [3.05, 3.63) is 130 Å². The van der Waals surface area contributed by atoms with Gasteiger partial charge in [-0.3, -0.25) is 24.6 Å². The normalized spacial score (nSPS) is 26.5. The van der Waals surface area contributed by atoms with E-state index >= 15 is 4.79 Å². The number of rotatable bonds is 6. The topological polar surface area (TPSA) is 165 Å². The van der Waals surface area contributed by atoms with E-state index in [1.807, 2.05) is 31.2 Å². The van der Waals surface area contributed by atoms with Crippen LogP contribution in [0.15, 0.2) is 103 Å². The summed E-state index contributed by atoms with van der Waals surface area (Å²) in [5.41, 5.74) is 4.41. The van der Waals surface area contributed by atoms with Gasteiger partial charge in [-0.15, -0.1) is 0 Å². The van der Waals surface area contributed by atoms with Gasteiger partial charge in [0.25, 0.3) is 11.8 Å². The average Bonchev–Trinajstić information content (AvgIpc) is 3.50. The molecule has 8 rings (SSSR count). The Morgan fingerprint density at radius 3 is 2.27 bits per heavy atom. The lowest BCUT2D eigenvalue weighted by molar-refractivity contribution is -0.138. The molecule has 0 radical (unpaired) electrons. The number of halogens is 1. The molecule has 0 aromatic heterocycles. The third-order valence-corrected chi connectivity index (χ3v) is 11.5. The molecule has 0 bridgehead atoms. The van der Waals surface area contributed by atoms with Gasteiger partial charge in [-0.25, -0.2) is 9.69 Å². The predicted octanol–water partition coefficient (Wildman–Crippen LogP) is 5.95. The maximum atomic E-state index is 15.2. The largest absolute Gasteiger partial charge is 0.508 e. The van der Waals surface area contributed by atoms with E-state index in [0.29, 0.717) is 22.4 Å². The number of benzene rings is 4. The molecule has 0 spiro atoms. The second kappa shape index (κ2) is 12.1. The lowest BCUT2D eigenvalue weighted by Gasteiger charge is -2.50. The number of imide groups is 2. The molecule has 11 nitrogen and oxygen atoms in total. The van der Waals surface area contributed by atoms with Gasteiger partial charge in [0.2, 0.25) is 11.8 Å². The molecule has 1 saturated carbocycles. The van der Waals surface area contributed by atoms with E-state index in [-0.39, 0.29) is 34.9 Å². The van der Waals surface area contributed by atoms with Gasteiger partial charge in [-0.2, -0.15) is 5.01 Å². The Morgan fingerprint density at radius 1 is 0.865 bits per heavy atom. The van der Waals surface area contributed by atoms with Crippen molar-refractivity contribution in [1.82, 2.24) is 5.01 Å². The van der Waals surface area contributed by atoms with Crippen LogP contribution in [0.5, 0.6) is 11.5 Å². The maximum Gasteiger partial charge on any atom is 0.339 e. The number of allylic oxidation sites excluding steroid dienone is 2. The van der Waals surface area contributed by atoms with Crippen molar-refractivity contribution in [2.24, 2.45) is 23.7 Å². The number of carbonyl (C=O) groups is 5. The lowest BCUT2D eigenvalue weighted by atomic mass is 9.49. The predicted molar refractivity (Wildman–Crippen MR) is 189 cm³/mol. The van der Waals surface area contributed by atoms with E-state index in [1.54, 1.807) is 42.5 Å². The number of aryl methyl sites for hydroxylation is 1. The number of nitrogens with zero attached hydrogens (tertiary/aromatic N) is 2. The standard InChI is InChI=1S/C40H32ClN3O8/c1-20-7-9-22(10-8-20)42-44-36(48)30-19-29-25(15-16-28-33(29)37(49)43(35(28)47)23-11-13-27(38(50)51)32(46)17-23)34(26-14-12-24(45)18-31(26)41)40(30,39(44)52)21-5-3-2-4-6-21/h2-15,17-18,28-30,33-34,42,45-46H,16,19H2,1H3,(H,50,51)/t28-,29+,30-,33-,34+,40+/m0/s1. The maximum absolute atomic E-state index is 15.2. The number of carbonyl (C=O) groups excluding carboxylic acids is 4. The molecule has 262 valence electrons. The zero-order valence-corrected chi connectivity index (χ0v) is 28.4. The summed E-state index contributed by atoms with van der Waals surface area (Å²) in [7, 11) is 0. The van der Waals surface area contributed by atoms with Gasteiger partial charge in [0, 0.05) is 17.0 Å². The van der Waals surface area contributed by atoms with Gasteiger partial charge in [-0.1, -0.05) is 77.3 Å². The Labute approximate surface area is 302 Å². The minimum absolute atomic E-state index is 0.0293. The van der Waals surface area contributed by atoms with E-state index in [4.69, 9.17) is 11.6 Å². The summed E-state index contributed by atoms with van der Waals surface area (Å²) in [6, 6.07) is 24.3. The first kappa shape index (κ1) is 33.2. The van der Waals surface area contributed by atoms with Gasteiger partial charge in [0.1, 0.15) is 17.1 Å². The highest BCUT2D eigenvalue weighted by atomic mass is 35.5. The second-order valence-electron chi connectivity index (χ2n) is 13.8. The van der Waals surface area contributed by atoms with E-state index < -0.39 is 70.4 Å². The molecule has 2 aliphatic carbocycles. The highest BCUT2D eigenvalue weighted by Crippen LogP contribution is 2.65. The van der Waals surface area contributed by atoms with Crippen molar-refractivity contribution in [2.45, 2.75) is 31.1 Å². The Bertz CT molecular complexity index is 2240. The fourth-order valence-electron chi connectivity index (χ4n) is 8.94. The molecule has 4 aromatic rings. The number of anilines is 2. The van der Waals surface area contributed by atoms with Crippen molar-refractivity contribution in [2.75, 3.05) is 10.3 Å². The number of phenols is 2. The van der Waals surface area contributed by atoms with Gasteiger partial charge in [0.05, 0.1) is 34.5 Å². The molecule has 4 aliphatic rings. The minimum atomic E-state index is -1.53. The number of hydrogen-bond donors (Lipinski definition) is 4. The summed E-state index contributed by atoms with van der Waals surface area (Å²) in [5.74, 6) is -8.43. The third-order valence-electron chi connectivity index (χ3n) is 11.2. The second-order valence-corrected chi connectivity index (χ2v) is 14.2. The monoisotopic (exact) mass is 717 g/mol. The number of nitrogens with one attached hydrogen (secondary N) is 1. The van der Waals surface area contributed by atoms with Crippen LogP contribution >= 0.6 is 11.6 Å². The molecule has 2 heterocycles. The number of carboxylic acids is 1. The molecule has 4 N–H and O–H groups in total. The fourth-order valence-corrected chi connectivity index (χ4v) is 9.22. The third kappa shape index (κ3) is 4.76. The van der Waals surface area contributed by atoms with Gasteiger partial charge in [0.15, 0.2) is 0 Å². The zero-order valence-electron chi connectivity index (χ0n) is 27.7. The number of phenolic OH excluding ortho intramolecular Hbond substituents is 1. The summed E-state index contributed by atoms with van der Waals surface area (Å²) in [5, 5.41) is 31.4. The van der Waals surface area contributed by atoms with E-state index in [1.165, 1.54) is 18.2 Å². The quantitative estimate of drug-likeness (QED) is 0.139. The number of aromatic hydroxyl groups is 2. The van der Waals surface area contributed by atoms with Crippen molar-refractivity contribution in [3.8, 4) is 11.5 Å². The van der Waals surface area contributed by atoms with Crippen LogP contribution in [-0.2, 0) is 24.6 Å². The molecule has 4 aromatic carbocycles. The van der Waals surface area contributed by atoms with Gasteiger partial charge in [-0.05, 0) is 73.2 Å². The molecule has 2 aliphatic heterocycles. The number of amides is 4. The first-order valence-electron chi connectivity index (χ1n) is 16.8. The molecular formula is C40H32ClN3O8. The van der Waals surface area contributed by atoms with Crippen LogP contribution in [-0.4, -0.2) is 49.9 Å². The fraction of sp³-hybridized carbons (Fsp3) is 0.225. The zero-order chi connectivity index (χ0) is 36.6. The molecular weight excluding hydrogens is 686 g/mol. The number of carboxylic acid groups (broad SMARTS) is 1. The van der Waals surface area contributed by atoms with Crippen molar-refractivity contribution in [1.29, 1.82) is 0 Å². The SMILES string of the molecule is Cc1ccc(NN2C(=O)[C@@H]3C[C@@H]4C(=CC[C@@H]5C(=O)N(c6ccc(C(=O)O)c(O)c6)C(=O)[C@@H]54)[C@H](c4ccc(O)cc4Cl)[C@]3(c3ccccc3)C2=O)cc1. The average molecular weight is 718 g/mol. The van der Waals surface area contributed by atoms with Crippen molar-refractivity contribution < 1.29 is 39.3 Å². The summed E-state index contributed by atoms with van der Waals surface area (Å²) in [6.07, 6.45) is 2.08. The molecule has 0 unspecified atom stereocenters. The number of aromatic carboxylic acids is 1. The smallest absolute Gasteiger partial charge is 0.339 e. The minimum Gasteiger partial charge on any atom is -0.508 e. The summed E-state index contributed by atoms with van der Waals surface area (Å²) in [6.45, 7) is 1.92. The molecule has 6 atom stereocenters. The molecule has 52 heavy (non-hydrogen) atoms. The Morgan fingerprint density at radius 2 is 1.60 bits per heavy atom. The molecule has 4 amide bonds. The van der Waals surface area contributed by atoms with Crippen LogP contribution in [0.25, 0.3) is 0 Å². The summed E-state index contributed by atoms with van der Waals surface area (Å²) >= 11 is 6.91. The van der Waals surface area contributed by atoms with Crippen molar-refractivity contribution in [3.63, 3.8) is 0 Å². The summed E-state index contributed by atoms with van der Waals surface area (Å²) in [4.78, 5) is 70.9. The highest BCUT2D eigenvalue weighted by Gasteiger charge is 2.70. The van der Waals surface area contributed by atoms with Crippen molar-refractivity contribution >= 4 is 52.6 Å². The Hall–Kier alpha value is -5.94. The first-order valence-corrected chi connectivity index (χ1v) is 17.2. The summed E-state index contributed by atoms with van der Waals surface area (Å²) < 4.78 is 0. The first-order chi connectivity index (χ1) is 24.9. The Balaban J connectivity index is 1.30. The van der Waals surface area contributed by atoms with Crippen LogP contribution in [0.2, 0.25) is 5.02 Å². The van der Waals surface area contributed by atoms with Crippen LogP contribution in [0.4, 0.5) is 11.4 Å². The van der Waals surface area contributed by atoms with E-state index in [9.17, 15) is 34.5 Å². The van der Waals surface area contributed by atoms with Crippen LogP contribution in [0, 0.1) is 30.6 Å². The van der Waals surface area contributed by atoms with Crippen LogP contribution < -0.4 is 10.3 Å². The van der Waals surface area contributed by atoms with Gasteiger partial charge < -0.3 is 15.3 Å². The van der Waals surface area contributed by atoms with Gasteiger partial charge >= 0.3 is 5.97 Å². The molecule has 12 heteroatoms.